The van der Waals surface area contributed by atoms with Crippen LogP contribution in [0, 0.1) is 0 Å². The van der Waals surface area contributed by atoms with Crippen molar-refractivity contribution in [2.75, 3.05) is 6.54 Å². The minimum atomic E-state index is -4.37. The van der Waals surface area contributed by atoms with E-state index >= 15 is 0 Å². The summed E-state index contributed by atoms with van der Waals surface area (Å²) in [5.41, 5.74) is 4.24. The molecule has 0 spiro atoms. The van der Waals surface area contributed by atoms with E-state index in [1.807, 2.05) is 0 Å². The summed E-state index contributed by atoms with van der Waals surface area (Å²) in [6.45, 7) is 3.82. The molecule has 1 fully saturated rings. The fraction of sp³-hybridized carbons (Fsp3) is 0.533. The van der Waals surface area contributed by atoms with Crippen LogP contribution in [-0.4, -0.2) is 18.0 Å². The van der Waals surface area contributed by atoms with Gasteiger partial charge in [0.25, 0.3) is 0 Å². The lowest BCUT2D eigenvalue weighted by Crippen LogP contribution is -2.46. The van der Waals surface area contributed by atoms with E-state index in [2.05, 4.69) is 5.32 Å². The van der Waals surface area contributed by atoms with E-state index in [0.717, 1.165) is 12.1 Å². The maximum Gasteiger partial charge on any atom is 0.416 e. The van der Waals surface area contributed by atoms with E-state index in [1.54, 1.807) is 19.9 Å². The lowest BCUT2D eigenvalue weighted by atomic mass is 9.83. The standard InChI is InChI=1S/C15H19F3N2O/c1-13(2,9-20-12(21)14(19)6-7-14)10-4-3-5-11(8-10)15(16,17)18/h3-5,8H,6-7,9,19H2,1-2H3,(H,20,21). The molecular formula is C15H19F3N2O. The van der Waals surface area contributed by atoms with Gasteiger partial charge in [0.1, 0.15) is 0 Å². The zero-order valence-corrected chi connectivity index (χ0v) is 12.1. The number of carbonyl (C=O) groups is 1. The topological polar surface area (TPSA) is 55.1 Å². The van der Waals surface area contributed by atoms with Gasteiger partial charge in [-0.25, -0.2) is 0 Å². The summed E-state index contributed by atoms with van der Waals surface area (Å²) >= 11 is 0. The van der Waals surface area contributed by atoms with E-state index in [0.29, 0.717) is 18.4 Å². The monoisotopic (exact) mass is 300 g/mol. The van der Waals surface area contributed by atoms with Crippen LogP contribution in [-0.2, 0) is 16.4 Å². The number of nitrogens with two attached hydrogens (primary N) is 1. The molecule has 0 saturated heterocycles. The molecule has 0 radical (unpaired) electrons. The summed E-state index contributed by atoms with van der Waals surface area (Å²) in [6, 6.07) is 5.18. The normalized spacial score (nSPS) is 17.4. The Balaban J connectivity index is 2.10. The molecule has 2 rings (SSSR count). The fourth-order valence-corrected chi connectivity index (χ4v) is 2.06. The molecule has 1 aliphatic rings. The Labute approximate surface area is 121 Å². The van der Waals surface area contributed by atoms with E-state index in [-0.39, 0.29) is 12.5 Å². The Kier molecular flexibility index (Phi) is 3.78. The summed E-state index contributed by atoms with van der Waals surface area (Å²) in [6.07, 6.45) is -3.06. The van der Waals surface area contributed by atoms with Crippen molar-refractivity contribution < 1.29 is 18.0 Å². The minimum Gasteiger partial charge on any atom is -0.354 e. The van der Waals surface area contributed by atoms with E-state index in [9.17, 15) is 18.0 Å². The van der Waals surface area contributed by atoms with Crippen molar-refractivity contribution >= 4 is 5.91 Å². The van der Waals surface area contributed by atoms with Gasteiger partial charge in [0.2, 0.25) is 5.91 Å². The number of alkyl halides is 3. The Morgan fingerprint density at radius 3 is 2.38 bits per heavy atom. The molecule has 1 aromatic carbocycles. The average molecular weight is 300 g/mol. The van der Waals surface area contributed by atoms with Crippen LogP contribution in [0.15, 0.2) is 24.3 Å². The van der Waals surface area contributed by atoms with Crippen LogP contribution in [0.1, 0.15) is 37.8 Å². The highest BCUT2D eigenvalue weighted by Gasteiger charge is 2.46. The van der Waals surface area contributed by atoms with Crippen LogP contribution < -0.4 is 11.1 Å². The van der Waals surface area contributed by atoms with Gasteiger partial charge in [0.15, 0.2) is 0 Å². The highest BCUT2D eigenvalue weighted by Crippen LogP contribution is 2.34. The molecule has 0 aliphatic heterocycles. The first-order valence-corrected chi connectivity index (χ1v) is 6.80. The zero-order chi connectivity index (χ0) is 15.9. The molecule has 0 bridgehead atoms. The van der Waals surface area contributed by atoms with Gasteiger partial charge in [0, 0.05) is 12.0 Å². The van der Waals surface area contributed by atoms with Crippen LogP contribution in [0.3, 0.4) is 0 Å². The summed E-state index contributed by atoms with van der Waals surface area (Å²) in [4.78, 5) is 11.8. The van der Waals surface area contributed by atoms with Crippen molar-refractivity contribution in [2.45, 2.75) is 43.8 Å². The number of nitrogens with one attached hydrogen (secondary N) is 1. The molecule has 1 saturated carbocycles. The number of hydrogen-bond acceptors (Lipinski definition) is 2. The second kappa shape index (κ2) is 5.02. The second-order valence-corrected chi connectivity index (χ2v) is 6.30. The van der Waals surface area contributed by atoms with Gasteiger partial charge in [0.05, 0.1) is 11.1 Å². The zero-order valence-electron chi connectivity index (χ0n) is 12.1. The Bertz CT molecular complexity index is 548. The van der Waals surface area contributed by atoms with Gasteiger partial charge in [-0.1, -0.05) is 32.0 Å². The van der Waals surface area contributed by atoms with Gasteiger partial charge in [-0.2, -0.15) is 13.2 Å². The number of hydrogen-bond donors (Lipinski definition) is 2. The highest BCUT2D eigenvalue weighted by atomic mass is 19.4. The molecule has 0 atom stereocenters. The fourth-order valence-electron chi connectivity index (χ4n) is 2.06. The van der Waals surface area contributed by atoms with Crippen molar-refractivity contribution in [2.24, 2.45) is 5.73 Å². The molecule has 3 nitrogen and oxygen atoms in total. The Morgan fingerprint density at radius 2 is 1.86 bits per heavy atom. The lowest BCUT2D eigenvalue weighted by molar-refractivity contribution is -0.137. The molecule has 6 heteroatoms. The third-order valence-corrected chi connectivity index (χ3v) is 3.90. The predicted molar refractivity (Wildman–Crippen MR) is 73.6 cm³/mol. The summed E-state index contributed by atoms with van der Waals surface area (Å²) in [7, 11) is 0. The van der Waals surface area contributed by atoms with Crippen molar-refractivity contribution in [3.05, 3.63) is 35.4 Å². The number of amides is 1. The molecule has 1 aromatic rings. The van der Waals surface area contributed by atoms with Crippen LogP contribution in [0.25, 0.3) is 0 Å². The van der Waals surface area contributed by atoms with E-state index in [4.69, 9.17) is 5.73 Å². The molecular weight excluding hydrogens is 281 g/mol. The highest BCUT2D eigenvalue weighted by molar-refractivity contribution is 5.89. The first-order chi connectivity index (χ1) is 9.55. The van der Waals surface area contributed by atoms with Gasteiger partial charge in [-0.3, -0.25) is 4.79 Å². The smallest absolute Gasteiger partial charge is 0.354 e. The Hall–Kier alpha value is -1.56. The number of rotatable bonds is 4. The van der Waals surface area contributed by atoms with Crippen LogP contribution in [0.5, 0.6) is 0 Å². The molecule has 0 aromatic heterocycles. The first-order valence-electron chi connectivity index (χ1n) is 6.80. The van der Waals surface area contributed by atoms with Gasteiger partial charge < -0.3 is 11.1 Å². The summed E-state index contributed by atoms with van der Waals surface area (Å²) in [5.74, 6) is -0.234. The minimum absolute atomic E-state index is 0.234. The largest absolute Gasteiger partial charge is 0.416 e. The van der Waals surface area contributed by atoms with Crippen LogP contribution in [0.2, 0.25) is 0 Å². The molecule has 116 valence electrons. The average Bonchev–Trinajstić information content (AvgIpc) is 3.15. The Morgan fingerprint density at radius 1 is 1.29 bits per heavy atom. The van der Waals surface area contributed by atoms with Crippen molar-refractivity contribution in [1.29, 1.82) is 0 Å². The van der Waals surface area contributed by atoms with Crippen LogP contribution in [0.4, 0.5) is 13.2 Å². The number of carbonyl (C=O) groups excluding carboxylic acids is 1. The number of benzene rings is 1. The molecule has 3 N–H and O–H groups in total. The van der Waals surface area contributed by atoms with Crippen molar-refractivity contribution in [3.63, 3.8) is 0 Å². The summed E-state index contributed by atoms with van der Waals surface area (Å²) < 4.78 is 38.2. The van der Waals surface area contributed by atoms with Crippen LogP contribution >= 0.6 is 0 Å². The van der Waals surface area contributed by atoms with Gasteiger partial charge in [-0.05, 0) is 24.5 Å². The molecule has 1 amide bonds. The van der Waals surface area contributed by atoms with Crippen molar-refractivity contribution in [3.8, 4) is 0 Å². The molecule has 1 aliphatic carbocycles. The third kappa shape index (κ3) is 3.56. The quantitative estimate of drug-likeness (QED) is 0.898. The third-order valence-electron chi connectivity index (χ3n) is 3.90. The molecule has 0 heterocycles. The van der Waals surface area contributed by atoms with Crippen molar-refractivity contribution in [1.82, 2.24) is 5.32 Å². The maximum absolute atomic E-state index is 12.7. The summed E-state index contributed by atoms with van der Waals surface area (Å²) in [5, 5.41) is 2.74. The van der Waals surface area contributed by atoms with E-state index < -0.39 is 22.7 Å². The van der Waals surface area contributed by atoms with E-state index in [1.165, 1.54) is 6.07 Å². The second-order valence-electron chi connectivity index (χ2n) is 6.30. The van der Waals surface area contributed by atoms with Gasteiger partial charge in [-0.15, -0.1) is 0 Å². The van der Waals surface area contributed by atoms with Gasteiger partial charge >= 0.3 is 6.18 Å². The first kappa shape index (κ1) is 15.8. The molecule has 0 unspecified atom stereocenters. The SMILES string of the molecule is CC(C)(CNC(=O)C1(N)CC1)c1cccc(C(F)(F)F)c1. The number of halogens is 3. The lowest BCUT2D eigenvalue weighted by Gasteiger charge is -2.27. The molecule has 21 heavy (non-hydrogen) atoms. The maximum atomic E-state index is 12.7. The predicted octanol–water partition coefficient (Wildman–Crippen LogP) is 2.59.